The van der Waals surface area contributed by atoms with Crippen LogP contribution in [0, 0.1) is 5.82 Å². The maximum absolute atomic E-state index is 13.3. The predicted molar refractivity (Wildman–Crippen MR) is 100 cm³/mol. The van der Waals surface area contributed by atoms with Crippen molar-refractivity contribution in [2.24, 2.45) is 0 Å². The highest BCUT2D eigenvalue weighted by Crippen LogP contribution is 2.33. The Balaban J connectivity index is 1.52. The minimum absolute atomic E-state index is 0.319. The van der Waals surface area contributed by atoms with Crippen LogP contribution in [0.4, 0.5) is 14.9 Å². The predicted octanol–water partition coefficient (Wildman–Crippen LogP) is 4.25. The second-order valence-corrected chi connectivity index (χ2v) is 6.48. The Morgan fingerprint density at radius 2 is 2.14 bits per heavy atom. The molecule has 0 radical (unpaired) electrons. The molecule has 144 valence electrons. The fourth-order valence-corrected chi connectivity index (χ4v) is 3.28. The van der Waals surface area contributed by atoms with E-state index in [-0.39, 0.29) is 12.1 Å². The first kappa shape index (κ1) is 18.0. The molecule has 1 aliphatic heterocycles. The molecule has 0 aliphatic carbocycles. The van der Waals surface area contributed by atoms with Gasteiger partial charge < -0.3 is 19.5 Å². The topological polar surface area (TPSA) is 80.5 Å². The van der Waals surface area contributed by atoms with Crippen molar-refractivity contribution in [3.63, 3.8) is 0 Å². The third-order valence-electron chi connectivity index (χ3n) is 4.64. The summed E-state index contributed by atoms with van der Waals surface area (Å²) in [6.07, 6.45) is 1.54. The van der Waals surface area contributed by atoms with E-state index < -0.39 is 5.82 Å². The molecule has 1 N–H and O–H groups in total. The zero-order valence-corrected chi connectivity index (χ0v) is 15.3. The number of hydrogen-bond donors (Lipinski definition) is 1. The third kappa shape index (κ3) is 3.66. The highest BCUT2D eigenvalue weighted by atomic mass is 19.1. The summed E-state index contributed by atoms with van der Waals surface area (Å²) in [5.74, 6) is 1.10. The van der Waals surface area contributed by atoms with Crippen molar-refractivity contribution >= 4 is 11.7 Å². The van der Waals surface area contributed by atoms with Crippen molar-refractivity contribution in [2.45, 2.75) is 18.9 Å². The summed E-state index contributed by atoms with van der Waals surface area (Å²) in [5.41, 5.74) is 1.17. The van der Waals surface area contributed by atoms with Gasteiger partial charge in [0.1, 0.15) is 17.6 Å². The van der Waals surface area contributed by atoms with E-state index in [0.717, 1.165) is 18.4 Å². The van der Waals surface area contributed by atoms with Crippen LogP contribution in [0.5, 0.6) is 5.75 Å². The fraction of sp³-hybridized carbons (Fsp3) is 0.250. The molecule has 3 aromatic rings. The number of urea groups is 1. The van der Waals surface area contributed by atoms with E-state index in [1.807, 2.05) is 24.3 Å². The Kier molecular flexibility index (Phi) is 4.92. The maximum Gasteiger partial charge on any atom is 0.322 e. The van der Waals surface area contributed by atoms with E-state index in [4.69, 9.17) is 9.26 Å². The number of methoxy groups -OCH3 is 1. The molecule has 4 rings (SSSR count). The van der Waals surface area contributed by atoms with Gasteiger partial charge in [-0.15, -0.1) is 0 Å². The van der Waals surface area contributed by atoms with Gasteiger partial charge in [0.15, 0.2) is 0 Å². The summed E-state index contributed by atoms with van der Waals surface area (Å²) in [5, 5.41) is 6.76. The van der Waals surface area contributed by atoms with Crippen LogP contribution in [0.1, 0.15) is 24.8 Å². The van der Waals surface area contributed by atoms with Crippen LogP contribution in [0.15, 0.2) is 53.1 Å². The van der Waals surface area contributed by atoms with Crippen molar-refractivity contribution in [1.29, 1.82) is 0 Å². The van der Waals surface area contributed by atoms with Crippen LogP contribution >= 0.6 is 0 Å². The van der Waals surface area contributed by atoms with Crippen LogP contribution in [0.2, 0.25) is 0 Å². The number of rotatable bonds is 4. The Morgan fingerprint density at radius 3 is 2.96 bits per heavy atom. The monoisotopic (exact) mass is 382 g/mol. The number of carbonyl (C=O) groups is 1. The van der Waals surface area contributed by atoms with Gasteiger partial charge in [0.25, 0.3) is 0 Å². The summed E-state index contributed by atoms with van der Waals surface area (Å²) < 4.78 is 24.0. The Bertz CT molecular complexity index is 991. The molecule has 0 saturated carbocycles. The third-order valence-corrected chi connectivity index (χ3v) is 4.64. The second-order valence-electron chi connectivity index (χ2n) is 6.48. The lowest BCUT2D eigenvalue weighted by molar-refractivity contribution is 0.193. The first-order chi connectivity index (χ1) is 13.6. The average Bonchev–Trinajstić information content (AvgIpc) is 3.37. The molecule has 2 heterocycles. The van der Waals surface area contributed by atoms with Crippen LogP contribution in [0.3, 0.4) is 0 Å². The van der Waals surface area contributed by atoms with Gasteiger partial charge in [-0.1, -0.05) is 23.4 Å². The highest BCUT2D eigenvalue weighted by Gasteiger charge is 2.34. The van der Waals surface area contributed by atoms with Crippen molar-refractivity contribution in [3.05, 3.63) is 60.2 Å². The standard InChI is InChI=1S/C20H19FN4O3/c1-27-16-8-2-5-13(11-16)18-23-19(28-24-18)17-9-4-10-25(17)20(26)22-15-7-3-6-14(21)12-15/h2-3,5-8,11-12,17H,4,9-10H2,1H3,(H,22,26). The minimum Gasteiger partial charge on any atom is -0.497 e. The summed E-state index contributed by atoms with van der Waals surface area (Å²) in [4.78, 5) is 18.8. The molecule has 2 aromatic carbocycles. The van der Waals surface area contributed by atoms with E-state index in [0.29, 0.717) is 29.7 Å². The molecule has 1 unspecified atom stereocenters. The first-order valence-electron chi connectivity index (χ1n) is 8.95. The zero-order chi connectivity index (χ0) is 19.5. The summed E-state index contributed by atoms with van der Waals surface area (Å²) >= 11 is 0. The van der Waals surface area contributed by atoms with E-state index in [2.05, 4.69) is 15.5 Å². The highest BCUT2D eigenvalue weighted by molar-refractivity contribution is 5.89. The van der Waals surface area contributed by atoms with E-state index in [1.54, 1.807) is 24.1 Å². The number of hydrogen-bond acceptors (Lipinski definition) is 5. The van der Waals surface area contributed by atoms with Crippen molar-refractivity contribution in [2.75, 3.05) is 19.0 Å². The molecular formula is C20H19FN4O3. The smallest absolute Gasteiger partial charge is 0.322 e. The van der Waals surface area contributed by atoms with Gasteiger partial charge in [-0.2, -0.15) is 4.98 Å². The van der Waals surface area contributed by atoms with Crippen LogP contribution < -0.4 is 10.1 Å². The lowest BCUT2D eigenvalue weighted by atomic mass is 10.2. The molecule has 0 bridgehead atoms. The number of ether oxygens (including phenoxy) is 1. The molecule has 0 spiro atoms. The lowest BCUT2D eigenvalue weighted by Gasteiger charge is -2.22. The van der Waals surface area contributed by atoms with Crippen LogP contribution in [0.25, 0.3) is 11.4 Å². The fourth-order valence-electron chi connectivity index (χ4n) is 3.28. The van der Waals surface area contributed by atoms with Gasteiger partial charge in [-0.3, -0.25) is 0 Å². The van der Waals surface area contributed by atoms with Gasteiger partial charge in [0.2, 0.25) is 11.7 Å². The molecule has 1 aromatic heterocycles. The number of halogens is 1. The number of benzene rings is 2. The van der Waals surface area contributed by atoms with Crippen LogP contribution in [-0.2, 0) is 0 Å². The Labute approximate surface area is 161 Å². The number of aromatic nitrogens is 2. The van der Waals surface area contributed by atoms with E-state index >= 15 is 0 Å². The van der Waals surface area contributed by atoms with E-state index in [1.165, 1.54) is 12.1 Å². The number of carbonyl (C=O) groups excluding carboxylic acids is 1. The van der Waals surface area contributed by atoms with Gasteiger partial charge in [-0.25, -0.2) is 9.18 Å². The second kappa shape index (κ2) is 7.67. The quantitative estimate of drug-likeness (QED) is 0.729. The molecule has 1 saturated heterocycles. The van der Waals surface area contributed by atoms with Gasteiger partial charge in [0, 0.05) is 17.8 Å². The van der Waals surface area contributed by atoms with Gasteiger partial charge in [0.05, 0.1) is 7.11 Å². The normalized spacial score (nSPS) is 16.2. The number of nitrogens with zero attached hydrogens (tertiary/aromatic N) is 3. The van der Waals surface area contributed by atoms with Gasteiger partial charge in [-0.05, 0) is 43.2 Å². The molecule has 7 nitrogen and oxygen atoms in total. The molecule has 8 heteroatoms. The van der Waals surface area contributed by atoms with Crippen molar-refractivity contribution in [1.82, 2.24) is 15.0 Å². The lowest BCUT2D eigenvalue weighted by Crippen LogP contribution is -2.34. The molecule has 1 fully saturated rings. The van der Waals surface area contributed by atoms with Crippen molar-refractivity contribution in [3.8, 4) is 17.1 Å². The number of anilines is 1. The summed E-state index contributed by atoms with van der Waals surface area (Å²) in [6.45, 7) is 0.558. The molecule has 2 amide bonds. The zero-order valence-electron chi connectivity index (χ0n) is 15.3. The molecular weight excluding hydrogens is 363 g/mol. The largest absolute Gasteiger partial charge is 0.497 e. The average molecular weight is 382 g/mol. The maximum atomic E-state index is 13.3. The molecule has 28 heavy (non-hydrogen) atoms. The molecule has 1 aliphatic rings. The van der Waals surface area contributed by atoms with Crippen molar-refractivity contribution < 1.29 is 18.4 Å². The number of amides is 2. The van der Waals surface area contributed by atoms with Gasteiger partial charge >= 0.3 is 6.03 Å². The Morgan fingerprint density at radius 1 is 1.29 bits per heavy atom. The Hall–Kier alpha value is -3.42. The SMILES string of the molecule is COc1cccc(-c2noc(C3CCCN3C(=O)Nc3cccc(F)c3)n2)c1. The summed E-state index contributed by atoms with van der Waals surface area (Å²) in [7, 11) is 1.59. The van der Waals surface area contributed by atoms with Crippen LogP contribution in [-0.4, -0.2) is 34.7 Å². The number of nitrogens with one attached hydrogen (secondary N) is 1. The minimum atomic E-state index is -0.407. The summed E-state index contributed by atoms with van der Waals surface area (Å²) in [6, 6.07) is 12.5. The van der Waals surface area contributed by atoms with E-state index in [9.17, 15) is 9.18 Å². The first-order valence-corrected chi connectivity index (χ1v) is 8.95. The molecule has 1 atom stereocenters. The number of likely N-dealkylation sites (tertiary alicyclic amines) is 1.